The molecule has 0 aliphatic carbocycles. The molecule has 0 amide bonds. The van der Waals surface area contributed by atoms with Crippen molar-refractivity contribution in [3.8, 4) is 5.75 Å². The number of nitrogens with two attached hydrogens (primary N) is 1. The predicted octanol–water partition coefficient (Wildman–Crippen LogP) is 2.38. The molecule has 3 N–H and O–H groups in total. The highest BCUT2D eigenvalue weighted by atomic mass is 32.1. The fourth-order valence-electron chi connectivity index (χ4n) is 1.82. The molecule has 0 bridgehead atoms. The molecule has 1 heterocycles. The van der Waals surface area contributed by atoms with Crippen molar-refractivity contribution in [1.29, 1.82) is 0 Å². The highest BCUT2D eigenvalue weighted by Gasteiger charge is 2.00. The van der Waals surface area contributed by atoms with E-state index in [9.17, 15) is 0 Å². The molecular formula is C15H17N3OS. The lowest BCUT2D eigenvalue weighted by atomic mass is 10.1. The van der Waals surface area contributed by atoms with Gasteiger partial charge < -0.3 is 15.8 Å². The molecule has 0 saturated heterocycles. The number of methoxy groups -OCH3 is 1. The van der Waals surface area contributed by atoms with Gasteiger partial charge in [0.15, 0.2) is 0 Å². The third kappa shape index (κ3) is 3.93. The van der Waals surface area contributed by atoms with Crippen molar-refractivity contribution in [3.05, 3.63) is 53.9 Å². The zero-order valence-corrected chi connectivity index (χ0v) is 12.1. The number of anilines is 1. The third-order valence-electron chi connectivity index (χ3n) is 2.91. The number of thiocarbonyl (C=S) groups is 1. The van der Waals surface area contributed by atoms with E-state index in [1.165, 1.54) is 5.56 Å². The molecule has 0 radical (unpaired) electrons. The quantitative estimate of drug-likeness (QED) is 0.799. The van der Waals surface area contributed by atoms with Crippen molar-refractivity contribution >= 4 is 22.9 Å². The van der Waals surface area contributed by atoms with Crippen molar-refractivity contribution in [3.63, 3.8) is 0 Å². The minimum Gasteiger partial charge on any atom is -0.497 e. The minimum atomic E-state index is 0.309. The summed E-state index contributed by atoms with van der Waals surface area (Å²) in [7, 11) is 1.67. The van der Waals surface area contributed by atoms with Crippen LogP contribution in [0.3, 0.4) is 0 Å². The van der Waals surface area contributed by atoms with Crippen LogP contribution in [0.4, 0.5) is 5.69 Å². The first-order valence-corrected chi connectivity index (χ1v) is 6.72. The summed E-state index contributed by atoms with van der Waals surface area (Å²) < 4.78 is 5.13. The van der Waals surface area contributed by atoms with Crippen molar-refractivity contribution in [1.82, 2.24) is 4.98 Å². The predicted molar refractivity (Wildman–Crippen MR) is 85.3 cm³/mol. The third-order valence-corrected chi connectivity index (χ3v) is 3.12. The maximum absolute atomic E-state index is 5.56. The van der Waals surface area contributed by atoms with Gasteiger partial charge in [0.2, 0.25) is 0 Å². The molecule has 0 atom stereocenters. The molecule has 2 rings (SSSR count). The summed E-state index contributed by atoms with van der Waals surface area (Å²) >= 11 is 4.91. The fraction of sp³-hybridized carbons (Fsp3) is 0.200. The van der Waals surface area contributed by atoms with Gasteiger partial charge in [0.25, 0.3) is 0 Å². The van der Waals surface area contributed by atoms with Crippen molar-refractivity contribution < 1.29 is 4.74 Å². The number of benzene rings is 1. The summed E-state index contributed by atoms with van der Waals surface area (Å²) in [6, 6.07) is 11.8. The number of hydrogen-bond acceptors (Lipinski definition) is 4. The maximum atomic E-state index is 5.56. The van der Waals surface area contributed by atoms with Crippen molar-refractivity contribution in [2.75, 3.05) is 19.0 Å². The van der Waals surface area contributed by atoms with Crippen LogP contribution in [0.5, 0.6) is 5.75 Å². The molecular weight excluding hydrogens is 270 g/mol. The topological polar surface area (TPSA) is 60.2 Å². The Balaban J connectivity index is 1.88. The van der Waals surface area contributed by atoms with Gasteiger partial charge in [-0.3, -0.25) is 4.98 Å². The summed E-state index contributed by atoms with van der Waals surface area (Å²) in [5, 5.41) is 3.33. The average Bonchev–Trinajstić information content (AvgIpc) is 2.48. The van der Waals surface area contributed by atoms with Gasteiger partial charge in [-0.2, -0.15) is 0 Å². The van der Waals surface area contributed by atoms with E-state index in [4.69, 9.17) is 22.7 Å². The highest BCUT2D eigenvalue weighted by molar-refractivity contribution is 7.80. The Labute approximate surface area is 124 Å². The summed E-state index contributed by atoms with van der Waals surface area (Å²) in [6.07, 6.45) is 2.62. The van der Waals surface area contributed by atoms with Gasteiger partial charge in [-0.15, -0.1) is 0 Å². The molecule has 0 saturated carbocycles. The monoisotopic (exact) mass is 287 g/mol. The van der Waals surface area contributed by atoms with Crippen LogP contribution in [-0.2, 0) is 6.42 Å². The fourth-order valence-corrected chi connectivity index (χ4v) is 1.93. The van der Waals surface area contributed by atoms with Crippen LogP contribution in [0.25, 0.3) is 0 Å². The summed E-state index contributed by atoms with van der Waals surface area (Å²) in [5.41, 5.74) is 8.41. The van der Waals surface area contributed by atoms with Crippen LogP contribution in [0.1, 0.15) is 11.3 Å². The van der Waals surface area contributed by atoms with Crippen LogP contribution < -0.4 is 15.8 Å². The van der Waals surface area contributed by atoms with E-state index < -0.39 is 0 Å². The number of hydrogen-bond donors (Lipinski definition) is 2. The summed E-state index contributed by atoms with van der Waals surface area (Å²) in [6.45, 7) is 0.827. The Hall–Kier alpha value is -2.14. The first kappa shape index (κ1) is 14.3. The normalized spacial score (nSPS) is 10.1. The molecule has 20 heavy (non-hydrogen) atoms. The Bertz CT molecular complexity index is 584. The molecule has 0 spiro atoms. The molecule has 104 valence electrons. The number of nitrogens with zero attached hydrogens (tertiary/aromatic N) is 1. The molecule has 0 unspecified atom stereocenters. The number of ether oxygens (including phenoxy) is 1. The second-order valence-corrected chi connectivity index (χ2v) is 4.76. The second kappa shape index (κ2) is 6.86. The van der Waals surface area contributed by atoms with E-state index in [1.54, 1.807) is 13.3 Å². The molecule has 2 aromatic rings. The van der Waals surface area contributed by atoms with E-state index in [-0.39, 0.29) is 0 Å². The number of rotatable bonds is 6. The zero-order chi connectivity index (χ0) is 14.4. The summed E-state index contributed by atoms with van der Waals surface area (Å²) in [5.74, 6) is 0.872. The molecule has 0 aliphatic heterocycles. The highest BCUT2D eigenvalue weighted by Crippen LogP contribution is 2.12. The van der Waals surface area contributed by atoms with Gasteiger partial charge in [-0.05, 0) is 36.2 Å². The Morgan fingerprint density at radius 2 is 2.05 bits per heavy atom. The average molecular weight is 287 g/mol. The number of aromatic nitrogens is 1. The first-order valence-electron chi connectivity index (χ1n) is 6.31. The van der Waals surface area contributed by atoms with Crippen LogP contribution in [-0.4, -0.2) is 23.6 Å². The zero-order valence-electron chi connectivity index (χ0n) is 11.3. The number of pyridine rings is 1. The lowest BCUT2D eigenvalue weighted by Crippen LogP contribution is -2.12. The van der Waals surface area contributed by atoms with Gasteiger partial charge in [-0.1, -0.05) is 24.4 Å². The van der Waals surface area contributed by atoms with Crippen LogP contribution in [0.2, 0.25) is 0 Å². The molecule has 1 aromatic heterocycles. The molecule has 5 heteroatoms. The standard InChI is InChI=1S/C15H17N3OS/c1-19-13-4-2-11(3-5-13)6-8-17-12-7-9-18-14(10-12)15(16)20/h2-5,7,9-10H,6,8H2,1H3,(H2,16,20)(H,17,18). The van der Waals surface area contributed by atoms with E-state index in [1.807, 2.05) is 24.3 Å². The molecule has 0 aliphatic rings. The molecule has 4 nitrogen and oxygen atoms in total. The lowest BCUT2D eigenvalue weighted by Gasteiger charge is -2.08. The minimum absolute atomic E-state index is 0.309. The van der Waals surface area contributed by atoms with Gasteiger partial charge in [0.1, 0.15) is 10.7 Å². The molecule has 1 aromatic carbocycles. The van der Waals surface area contributed by atoms with Crippen LogP contribution in [0.15, 0.2) is 42.6 Å². The Kier molecular flexibility index (Phi) is 4.90. The number of nitrogens with one attached hydrogen (secondary N) is 1. The van der Waals surface area contributed by atoms with E-state index >= 15 is 0 Å². The first-order chi connectivity index (χ1) is 9.69. The van der Waals surface area contributed by atoms with Gasteiger partial charge in [-0.25, -0.2) is 0 Å². The van der Waals surface area contributed by atoms with Gasteiger partial charge in [0.05, 0.1) is 12.8 Å². The summed E-state index contributed by atoms with van der Waals surface area (Å²) in [4.78, 5) is 4.41. The van der Waals surface area contributed by atoms with E-state index in [0.29, 0.717) is 10.7 Å². The van der Waals surface area contributed by atoms with Crippen molar-refractivity contribution in [2.45, 2.75) is 6.42 Å². The maximum Gasteiger partial charge on any atom is 0.122 e. The van der Waals surface area contributed by atoms with Crippen LogP contribution in [0, 0.1) is 0 Å². The SMILES string of the molecule is COc1ccc(CCNc2ccnc(C(N)=S)c2)cc1. The molecule has 0 fully saturated rings. The van der Waals surface area contributed by atoms with E-state index in [2.05, 4.69) is 22.4 Å². The van der Waals surface area contributed by atoms with E-state index in [0.717, 1.165) is 24.4 Å². The van der Waals surface area contributed by atoms with Gasteiger partial charge in [0, 0.05) is 18.4 Å². The second-order valence-electron chi connectivity index (χ2n) is 4.32. The lowest BCUT2D eigenvalue weighted by molar-refractivity contribution is 0.414. The van der Waals surface area contributed by atoms with Crippen LogP contribution >= 0.6 is 12.2 Å². The Morgan fingerprint density at radius 3 is 2.70 bits per heavy atom. The van der Waals surface area contributed by atoms with Gasteiger partial charge >= 0.3 is 0 Å². The van der Waals surface area contributed by atoms with Crippen molar-refractivity contribution in [2.24, 2.45) is 5.73 Å². The smallest absolute Gasteiger partial charge is 0.122 e. The Morgan fingerprint density at radius 1 is 1.30 bits per heavy atom. The largest absolute Gasteiger partial charge is 0.497 e.